The number of aliphatic hydroxyl groups is 1. The van der Waals surface area contributed by atoms with E-state index in [2.05, 4.69) is 65.1 Å². The predicted molar refractivity (Wildman–Crippen MR) is 164 cm³/mol. The Balaban J connectivity index is 0.00000800. The Kier molecular flexibility index (Phi) is 15.0. The number of aromatic nitrogens is 1. The molecule has 1 amide bonds. The summed E-state index contributed by atoms with van der Waals surface area (Å²) in [5.41, 5.74) is 9.12. The third-order valence-electron chi connectivity index (χ3n) is 7.52. The lowest BCUT2D eigenvalue weighted by atomic mass is 9.81. The van der Waals surface area contributed by atoms with Crippen LogP contribution < -0.4 is 20.5 Å². The highest BCUT2D eigenvalue weighted by atomic mass is 35.5. The molecule has 7 nitrogen and oxygen atoms in total. The van der Waals surface area contributed by atoms with E-state index in [1.807, 2.05) is 13.0 Å². The Bertz CT molecular complexity index is 1040. The number of hydrogen-bond donors (Lipinski definition) is 3. The molecule has 8 heteroatoms. The third kappa shape index (κ3) is 11.3. The maximum Gasteiger partial charge on any atom is 0.230 e. The molecule has 2 rings (SSSR count). The number of aliphatic hydroxyl groups excluding tert-OH is 1. The van der Waals surface area contributed by atoms with Gasteiger partial charge in [-0.15, -0.1) is 12.4 Å². The van der Waals surface area contributed by atoms with E-state index in [1.165, 1.54) is 6.20 Å². The van der Waals surface area contributed by atoms with Crippen LogP contribution in [0, 0.1) is 23.0 Å². The molecule has 0 fully saturated rings. The van der Waals surface area contributed by atoms with E-state index in [-0.39, 0.29) is 42.2 Å². The molecule has 1 aromatic carbocycles. The first-order valence-corrected chi connectivity index (χ1v) is 14.5. The van der Waals surface area contributed by atoms with Gasteiger partial charge in [0.2, 0.25) is 11.6 Å². The van der Waals surface area contributed by atoms with Gasteiger partial charge < -0.3 is 26.1 Å². The van der Waals surface area contributed by atoms with Crippen molar-refractivity contribution in [3.63, 3.8) is 0 Å². The lowest BCUT2D eigenvalue weighted by Crippen LogP contribution is -2.41. The summed E-state index contributed by atoms with van der Waals surface area (Å²) in [6, 6.07) is 11.2. The van der Waals surface area contributed by atoms with E-state index in [9.17, 15) is 15.1 Å². The Labute approximate surface area is 247 Å². The van der Waals surface area contributed by atoms with Gasteiger partial charge >= 0.3 is 0 Å². The van der Waals surface area contributed by atoms with Crippen molar-refractivity contribution in [3.05, 3.63) is 64.6 Å². The van der Waals surface area contributed by atoms with Gasteiger partial charge in [-0.25, -0.2) is 0 Å². The van der Waals surface area contributed by atoms with Crippen molar-refractivity contribution in [2.45, 2.75) is 105 Å². The minimum atomic E-state index is -0.745. The van der Waals surface area contributed by atoms with Crippen LogP contribution in [-0.4, -0.2) is 29.7 Å². The normalized spacial score (nSPS) is 14.7. The van der Waals surface area contributed by atoms with Gasteiger partial charge in [-0.3, -0.25) is 4.79 Å². The largest absolute Gasteiger partial charge is 0.618 e. The zero-order chi connectivity index (χ0) is 29.2. The zero-order valence-electron chi connectivity index (χ0n) is 25.5. The number of halogens is 1. The molecule has 40 heavy (non-hydrogen) atoms. The Hall–Kier alpha value is -2.35. The fourth-order valence-electron chi connectivity index (χ4n) is 4.77. The molecule has 0 bridgehead atoms. The van der Waals surface area contributed by atoms with Crippen LogP contribution in [0.4, 0.5) is 0 Å². The highest BCUT2D eigenvalue weighted by molar-refractivity contribution is 5.85. The van der Waals surface area contributed by atoms with Crippen LogP contribution in [0.5, 0.6) is 5.75 Å². The van der Waals surface area contributed by atoms with Crippen LogP contribution >= 0.6 is 12.4 Å². The first-order chi connectivity index (χ1) is 18.3. The first kappa shape index (κ1) is 35.7. The summed E-state index contributed by atoms with van der Waals surface area (Å²) in [4.78, 5) is 12.3. The number of nitrogens with one attached hydrogen (secondary N) is 1. The van der Waals surface area contributed by atoms with Gasteiger partial charge in [0.05, 0.1) is 6.10 Å². The number of benzene rings is 1. The number of nitrogens with two attached hydrogens (primary N) is 1. The summed E-state index contributed by atoms with van der Waals surface area (Å²) >= 11 is 0. The molecule has 0 spiro atoms. The average Bonchev–Trinajstić information content (AvgIpc) is 2.87. The van der Waals surface area contributed by atoms with Gasteiger partial charge in [0.15, 0.2) is 12.8 Å². The molecule has 0 aliphatic carbocycles. The second kappa shape index (κ2) is 16.8. The third-order valence-corrected chi connectivity index (χ3v) is 7.52. The number of unbranched alkanes of at least 4 members (excludes halogenated alkanes) is 1. The average molecular weight is 578 g/mol. The van der Waals surface area contributed by atoms with Crippen molar-refractivity contribution in [2.75, 3.05) is 6.54 Å². The number of carbonyl (C=O) groups excluding carboxylic acids is 1. The summed E-state index contributed by atoms with van der Waals surface area (Å²) in [6.07, 6.45) is 4.50. The Morgan fingerprint density at radius 3 is 2.45 bits per heavy atom. The lowest BCUT2D eigenvalue weighted by molar-refractivity contribution is -0.616. The summed E-state index contributed by atoms with van der Waals surface area (Å²) in [5, 5.41) is 25.9. The highest BCUT2D eigenvalue weighted by Crippen LogP contribution is 2.34. The molecule has 4 N–H and O–H groups in total. The van der Waals surface area contributed by atoms with Crippen LogP contribution in [-0.2, 0) is 23.2 Å². The number of hydrogen-bond acceptors (Lipinski definition) is 5. The molecule has 226 valence electrons. The first-order valence-electron chi connectivity index (χ1n) is 14.5. The van der Waals surface area contributed by atoms with E-state index in [1.54, 1.807) is 12.1 Å². The van der Waals surface area contributed by atoms with Crippen molar-refractivity contribution in [3.8, 4) is 5.75 Å². The quantitative estimate of drug-likeness (QED) is 0.148. The minimum absolute atomic E-state index is 0. The summed E-state index contributed by atoms with van der Waals surface area (Å²) in [7, 11) is 0. The van der Waals surface area contributed by atoms with E-state index in [0.717, 1.165) is 40.9 Å². The Morgan fingerprint density at radius 2 is 1.85 bits per heavy atom. The molecular weight excluding hydrogens is 526 g/mol. The van der Waals surface area contributed by atoms with E-state index in [4.69, 9.17) is 10.5 Å². The molecule has 0 saturated carbocycles. The summed E-state index contributed by atoms with van der Waals surface area (Å²) in [6.45, 7) is 15.6. The van der Waals surface area contributed by atoms with E-state index < -0.39 is 12.1 Å². The van der Waals surface area contributed by atoms with Gasteiger partial charge in [0, 0.05) is 30.6 Å². The Morgan fingerprint density at radius 1 is 1.15 bits per heavy atom. The molecule has 4 atom stereocenters. The monoisotopic (exact) mass is 577 g/mol. The molecule has 1 heterocycles. The molecule has 0 aliphatic heterocycles. The van der Waals surface area contributed by atoms with Crippen LogP contribution in [0.2, 0.25) is 0 Å². The molecular formula is C32H52ClN3O4. The molecule has 2 aromatic rings. The fraction of sp³-hybridized carbons (Fsp3) is 0.625. The SMILES string of the molecule is CCCCNC(=O)C(C)C[C@H](O)[C@@H](N)C[C@H](Cc1ccc(C(C)(C)C)c(OCc2cccc[n+]2[O-])c1)C(C)C.Cl. The van der Waals surface area contributed by atoms with Crippen molar-refractivity contribution in [1.82, 2.24) is 5.32 Å². The number of ether oxygens (including phenoxy) is 1. The summed E-state index contributed by atoms with van der Waals surface area (Å²) in [5.74, 6) is 1.06. The molecule has 0 saturated heterocycles. The standard InChI is InChI=1S/C32H51N3O4.ClH/c1-8-9-15-34-31(37)23(4)17-29(36)28(33)20-25(22(2)3)18-24-13-14-27(32(5,6)7)30(19-24)39-21-26-12-10-11-16-35(26)38;/h10-14,16,19,22-23,25,28-29,36H,8-9,15,17-18,20-21,33H2,1-7H3,(H,34,37);1H/t23?,25-,28-,29-;/m0./s1. The zero-order valence-corrected chi connectivity index (χ0v) is 26.3. The molecule has 0 radical (unpaired) electrons. The topological polar surface area (TPSA) is 112 Å². The summed E-state index contributed by atoms with van der Waals surface area (Å²) < 4.78 is 7.04. The second-order valence-corrected chi connectivity index (χ2v) is 12.3. The highest BCUT2D eigenvalue weighted by Gasteiger charge is 2.27. The van der Waals surface area contributed by atoms with E-state index >= 15 is 0 Å². The van der Waals surface area contributed by atoms with Crippen LogP contribution in [0.25, 0.3) is 0 Å². The number of pyridine rings is 1. The van der Waals surface area contributed by atoms with Gasteiger partial charge in [0.1, 0.15) is 5.75 Å². The number of nitrogens with zero attached hydrogens (tertiary/aromatic N) is 1. The van der Waals surface area contributed by atoms with Gasteiger partial charge in [-0.1, -0.05) is 67.0 Å². The maximum absolute atomic E-state index is 12.3. The smallest absolute Gasteiger partial charge is 0.230 e. The van der Waals surface area contributed by atoms with Crippen LogP contribution in [0.3, 0.4) is 0 Å². The van der Waals surface area contributed by atoms with Gasteiger partial charge in [0.25, 0.3) is 0 Å². The molecule has 0 aliphatic rings. The number of rotatable bonds is 15. The van der Waals surface area contributed by atoms with Gasteiger partial charge in [-0.05, 0) is 66.2 Å². The van der Waals surface area contributed by atoms with Crippen LogP contribution in [0.1, 0.15) is 91.0 Å². The number of carbonyl (C=O) groups is 1. The van der Waals surface area contributed by atoms with Gasteiger partial charge in [-0.2, -0.15) is 4.73 Å². The molecule has 1 unspecified atom stereocenters. The van der Waals surface area contributed by atoms with E-state index in [0.29, 0.717) is 31.0 Å². The minimum Gasteiger partial charge on any atom is -0.618 e. The predicted octanol–water partition coefficient (Wildman–Crippen LogP) is 5.45. The lowest BCUT2D eigenvalue weighted by Gasteiger charge is -2.29. The van der Waals surface area contributed by atoms with Crippen LogP contribution in [0.15, 0.2) is 42.6 Å². The second-order valence-electron chi connectivity index (χ2n) is 12.3. The van der Waals surface area contributed by atoms with Crippen molar-refractivity contribution < 1.29 is 19.4 Å². The molecule has 1 aromatic heterocycles. The van der Waals surface area contributed by atoms with Crippen molar-refractivity contribution in [2.24, 2.45) is 23.5 Å². The fourth-order valence-corrected chi connectivity index (χ4v) is 4.77. The number of amides is 1. The van der Waals surface area contributed by atoms with Crippen molar-refractivity contribution in [1.29, 1.82) is 0 Å². The maximum atomic E-state index is 12.3. The van der Waals surface area contributed by atoms with Crippen molar-refractivity contribution >= 4 is 18.3 Å².